The van der Waals surface area contributed by atoms with E-state index < -0.39 is 37.3 Å². The maximum Gasteiger partial charge on any atom is 0.216 e. The van der Waals surface area contributed by atoms with E-state index in [1.54, 1.807) is 0 Å². The van der Waals surface area contributed by atoms with E-state index in [2.05, 4.69) is 20.5 Å². The third-order valence-electron chi connectivity index (χ3n) is 2.44. The first-order chi connectivity index (χ1) is 10.4. The van der Waals surface area contributed by atoms with Gasteiger partial charge in [-0.05, 0) is 15.1 Å². The van der Waals surface area contributed by atoms with Crippen molar-refractivity contribution in [2.45, 2.75) is 30.7 Å². The van der Waals surface area contributed by atoms with Gasteiger partial charge in [-0.1, -0.05) is 0 Å². The van der Waals surface area contributed by atoms with Crippen LogP contribution in [0.5, 0.6) is 0 Å². The topological polar surface area (TPSA) is 200 Å². The molecule has 14 nitrogen and oxygen atoms in total. The molecule has 0 saturated carbocycles. The molecular formula is C8H19N2O12+. The molecule has 0 aliphatic carbocycles. The number of aliphatic hydroxyl groups excluding tert-OH is 4. The van der Waals surface area contributed by atoms with Gasteiger partial charge < -0.3 is 29.9 Å². The third kappa shape index (κ3) is 7.29. The van der Waals surface area contributed by atoms with Crippen molar-refractivity contribution in [1.29, 1.82) is 0 Å². The lowest BCUT2D eigenvalue weighted by atomic mass is 9.99. The van der Waals surface area contributed by atoms with Gasteiger partial charge in [0, 0.05) is 0 Å². The second-order valence-electron chi connectivity index (χ2n) is 3.88. The van der Waals surface area contributed by atoms with Crippen molar-refractivity contribution in [3.8, 4) is 0 Å². The molecule has 1 rings (SSSR count). The van der Waals surface area contributed by atoms with Gasteiger partial charge in [0.2, 0.25) is 7.05 Å². The van der Waals surface area contributed by atoms with Gasteiger partial charge in [-0.3, -0.25) is 0 Å². The molecule has 7 N–H and O–H groups in total. The monoisotopic (exact) mass is 335 g/mol. The molecule has 1 aliphatic heterocycles. The standard InChI is InChI=1S/C8H17N2O7.H2O5/c1-10(15)9-3-16-8-7(14)6(13)5(12)4(2-11)17-8;1-3-5-4-2/h4-8,11-14H,2-3H2,1H3,(H,9,15);1-2H/q+1;. The summed E-state index contributed by atoms with van der Waals surface area (Å²) in [6, 6.07) is 0. The zero-order chi connectivity index (χ0) is 17.1. The SMILES string of the molecule is C[N+](=O)NCOC1OC(CO)C(O)C(O)C1O.OOOOO. The van der Waals surface area contributed by atoms with Crippen LogP contribution in [0.4, 0.5) is 0 Å². The summed E-state index contributed by atoms with van der Waals surface area (Å²) in [7, 11) is 1.21. The van der Waals surface area contributed by atoms with E-state index in [4.69, 9.17) is 25.1 Å². The van der Waals surface area contributed by atoms with Crippen molar-refractivity contribution in [2.75, 3.05) is 20.4 Å². The van der Waals surface area contributed by atoms with Crippen molar-refractivity contribution < 1.29 is 60.4 Å². The Morgan fingerprint density at radius 1 is 1.14 bits per heavy atom. The number of ether oxygens (including phenoxy) is 2. The third-order valence-corrected chi connectivity index (χ3v) is 2.44. The van der Waals surface area contributed by atoms with E-state index in [-0.39, 0.29) is 6.73 Å². The summed E-state index contributed by atoms with van der Waals surface area (Å²) in [6.07, 6.45) is -6.64. The lowest BCUT2D eigenvalue weighted by Crippen LogP contribution is -2.59. The van der Waals surface area contributed by atoms with Gasteiger partial charge in [-0.2, -0.15) is 0 Å². The van der Waals surface area contributed by atoms with Crippen LogP contribution in [0.2, 0.25) is 0 Å². The number of rotatable bonds is 7. The Kier molecular flexibility index (Phi) is 11.0. The Morgan fingerprint density at radius 3 is 2.14 bits per heavy atom. The van der Waals surface area contributed by atoms with Crippen LogP contribution >= 0.6 is 0 Å². The van der Waals surface area contributed by atoms with Crippen LogP contribution < -0.4 is 5.43 Å². The van der Waals surface area contributed by atoms with E-state index in [1.807, 2.05) is 0 Å². The van der Waals surface area contributed by atoms with Crippen LogP contribution in [-0.2, 0) is 24.6 Å². The first-order valence-electron chi connectivity index (χ1n) is 5.73. The number of hydrogen-bond donors (Lipinski definition) is 7. The number of nitroso groups, excluding NO2 is 1. The van der Waals surface area contributed by atoms with Crippen LogP contribution in [0.15, 0.2) is 0 Å². The molecular weight excluding hydrogens is 316 g/mol. The van der Waals surface area contributed by atoms with Gasteiger partial charge in [0.05, 0.1) is 11.5 Å². The van der Waals surface area contributed by atoms with Gasteiger partial charge in [-0.15, -0.1) is 5.43 Å². The summed E-state index contributed by atoms with van der Waals surface area (Å²) in [5, 5.41) is 59.8. The highest BCUT2D eigenvalue weighted by Crippen LogP contribution is 2.21. The molecule has 0 bridgehead atoms. The predicted octanol–water partition coefficient (Wildman–Crippen LogP) is -3.51. The molecule has 1 heterocycles. The molecule has 0 aromatic heterocycles. The van der Waals surface area contributed by atoms with E-state index in [0.29, 0.717) is 4.87 Å². The van der Waals surface area contributed by atoms with Crippen molar-refractivity contribution >= 4 is 0 Å². The molecule has 1 saturated heterocycles. The predicted molar refractivity (Wildman–Crippen MR) is 60.9 cm³/mol. The van der Waals surface area contributed by atoms with Crippen molar-refractivity contribution in [2.24, 2.45) is 0 Å². The molecule has 0 amide bonds. The number of nitrogens with zero attached hydrogens (tertiary/aromatic N) is 1. The minimum atomic E-state index is -1.49. The number of nitrogens with one attached hydrogen (secondary N) is 1. The summed E-state index contributed by atoms with van der Waals surface area (Å²) < 4.78 is 9.97. The minimum absolute atomic E-state index is 0.247. The summed E-state index contributed by atoms with van der Waals surface area (Å²) in [4.78, 5) is 10.9. The van der Waals surface area contributed by atoms with Gasteiger partial charge in [-0.25, -0.2) is 10.5 Å². The molecule has 132 valence electrons. The Bertz CT molecular complexity index is 303. The highest BCUT2D eigenvalue weighted by molar-refractivity contribution is 4.88. The number of hydrogen-bond acceptors (Lipinski definition) is 12. The van der Waals surface area contributed by atoms with Crippen molar-refractivity contribution in [3.05, 3.63) is 4.91 Å². The fraction of sp³-hybridized carbons (Fsp3) is 1.00. The Labute approximate surface area is 123 Å². The Hall–Kier alpha value is -1.04. The molecule has 0 spiro atoms. The molecule has 1 aliphatic rings. The Balaban J connectivity index is 0.000000763. The van der Waals surface area contributed by atoms with Gasteiger partial charge in [0.25, 0.3) is 0 Å². The average molecular weight is 335 g/mol. The minimum Gasteiger partial charge on any atom is -0.394 e. The largest absolute Gasteiger partial charge is 0.394 e. The molecule has 5 unspecified atom stereocenters. The summed E-state index contributed by atoms with van der Waals surface area (Å²) in [5.74, 6) is 0. The molecule has 0 aromatic rings. The maximum absolute atomic E-state index is 10.5. The summed E-state index contributed by atoms with van der Waals surface area (Å²) in [6.45, 7) is -0.775. The number of hydrazine groups is 1. The quantitative estimate of drug-likeness (QED) is 0.105. The maximum atomic E-state index is 10.5. The smallest absolute Gasteiger partial charge is 0.216 e. The molecule has 5 atom stereocenters. The lowest BCUT2D eigenvalue weighted by Gasteiger charge is -2.39. The van der Waals surface area contributed by atoms with E-state index in [1.165, 1.54) is 7.05 Å². The van der Waals surface area contributed by atoms with Crippen LogP contribution in [0, 0.1) is 4.91 Å². The molecule has 0 aromatic carbocycles. The van der Waals surface area contributed by atoms with E-state index in [0.717, 1.165) is 0 Å². The summed E-state index contributed by atoms with van der Waals surface area (Å²) >= 11 is 0. The van der Waals surface area contributed by atoms with Crippen LogP contribution in [0.25, 0.3) is 0 Å². The molecule has 1 fully saturated rings. The first-order valence-corrected chi connectivity index (χ1v) is 5.73. The zero-order valence-corrected chi connectivity index (χ0v) is 11.4. The van der Waals surface area contributed by atoms with Gasteiger partial charge >= 0.3 is 0 Å². The van der Waals surface area contributed by atoms with E-state index >= 15 is 0 Å². The first kappa shape index (κ1) is 21.0. The van der Waals surface area contributed by atoms with Crippen LogP contribution in [0.3, 0.4) is 0 Å². The van der Waals surface area contributed by atoms with Crippen molar-refractivity contribution in [3.63, 3.8) is 0 Å². The fourth-order valence-electron chi connectivity index (χ4n) is 1.43. The molecule has 22 heavy (non-hydrogen) atoms. The lowest BCUT2D eigenvalue weighted by molar-refractivity contribution is -0.695. The fourth-order valence-corrected chi connectivity index (χ4v) is 1.43. The highest BCUT2D eigenvalue weighted by Gasteiger charge is 2.44. The van der Waals surface area contributed by atoms with Crippen molar-refractivity contribution in [1.82, 2.24) is 5.43 Å². The van der Waals surface area contributed by atoms with E-state index in [9.17, 15) is 20.2 Å². The van der Waals surface area contributed by atoms with Crippen LogP contribution in [0.1, 0.15) is 0 Å². The zero-order valence-electron chi connectivity index (χ0n) is 11.4. The van der Waals surface area contributed by atoms with Gasteiger partial charge in [0.1, 0.15) is 29.3 Å². The average Bonchev–Trinajstić information content (AvgIpc) is 2.48. The molecule has 0 radical (unpaired) electrons. The van der Waals surface area contributed by atoms with Gasteiger partial charge in [0.15, 0.2) is 13.0 Å². The normalized spacial score (nSPS) is 31.1. The number of aliphatic hydroxyl groups is 4. The second-order valence-corrected chi connectivity index (χ2v) is 3.88. The second kappa shape index (κ2) is 11.5. The highest BCUT2D eigenvalue weighted by atomic mass is 17.7. The Morgan fingerprint density at radius 2 is 1.73 bits per heavy atom. The summed E-state index contributed by atoms with van der Waals surface area (Å²) in [5.41, 5.74) is 2.23. The molecule has 14 heteroatoms. The van der Waals surface area contributed by atoms with Crippen LogP contribution in [-0.4, -0.2) is 86.9 Å².